The zero-order valence-corrected chi connectivity index (χ0v) is 24.6. The Hall–Kier alpha value is -3.72. The highest BCUT2D eigenvalue weighted by atomic mass is 16.5. The van der Waals surface area contributed by atoms with Gasteiger partial charge in [-0.15, -0.1) is 0 Å². The third-order valence-corrected chi connectivity index (χ3v) is 8.35. The lowest BCUT2D eigenvalue weighted by atomic mass is 10.0. The zero-order valence-electron chi connectivity index (χ0n) is 24.6. The average Bonchev–Trinajstić information content (AvgIpc) is 3.28. The summed E-state index contributed by atoms with van der Waals surface area (Å²) < 4.78 is 6.17. The first kappa shape index (κ1) is 31.2. The smallest absolute Gasteiger partial charge is 0.243 e. The standard InChI is InChI=1S/C33H44N4O5/c1-22(42-21-24-16-14-23(15-17-24)8-4-2-3-5-12-29(34)38)27(18-19-30(35)39)36-33(41)28-20-26-11-6-9-25-10-7-13-31(40)37(28)32(25)26/h6,9,11,14-17,22,27-28H,2-5,7-8,10,12-13,18-21H2,1H3,(H2,34,38)(H2,35,39)(H,36,41)/t22-,27+,28+/m1/s1. The van der Waals surface area contributed by atoms with E-state index in [9.17, 15) is 19.2 Å². The van der Waals surface area contributed by atoms with Gasteiger partial charge in [0, 0.05) is 25.7 Å². The van der Waals surface area contributed by atoms with Gasteiger partial charge >= 0.3 is 0 Å². The number of hydrogen-bond donors (Lipinski definition) is 3. The Morgan fingerprint density at radius 3 is 2.36 bits per heavy atom. The van der Waals surface area contributed by atoms with E-state index in [1.807, 2.05) is 37.3 Å². The van der Waals surface area contributed by atoms with E-state index >= 15 is 0 Å². The van der Waals surface area contributed by atoms with Crippen molar-refractivity contribution in [3.05, 3.63) is 64.7 Å². The van der Waals surface area contributed by atoms with Crippen LogP contribution < -0.4 is 21.7 Å². The third-order valence-electron chi connectivity index (χ3n) is 8.35. The highest BCUT2D eigenvalue weighted by molar-refractivity contribution is 6.04. The molecule has 2 aromatic carbocycles. The molecule has 9 heteroatoms. The summed E-state index contributed by atoms with van der Waals surface area (Å²) in [7, 11) is 0. The number of rotatable bonds is 16. The van der Waals surface area contributed by atoms with E-state index in [0.29, 0.717) is 32.3 Å². The number of unbranched alkanes of at least 4 members (excludes halogenated alkanes) is 3. The second-order valence-corrected chi connectivity index (χ2v) is 11.6. The molecule has 0 unspecified atom stereocenters. The Kier molecular flexibility index (Phi) is 11.1. The fourth-order valence-electron chi connectivity index (χ4n) is 5.96. The molecule has 3 atom stereocenters. The van der Waals surface area contributed by atoms with Gasteiger partial charge in [-0.2, -0.15) is 0 Å². The lowest BCUT2D eigenvalue weighted by molar-refractivity contribution is -0.128. The van der Waals surface area contributed by atoms with E-state index in [4.69, 9.17) is 16.2 Å². The maximum atomic E-state index is 13.6. The highest BCUT2D eigenvalue weighted by Gasteiger charge is 2.41. The quantitative estimate of drug-likeness (QED) is 0.262. The molecular formula is C33H44N4O5. The highest BCUT2D eigenvalue weighted by Crippen LogP contribution is 2.39. The Balaban J connectivity index is 1.32. The number of carbonyl (C=O) groups excluding carboxylic acids is 4. The molecule has 0 bridgehead atoms. The van der Waals surface area contributed by atoms with Crippen LogP contribution in [0.4, 0.5) is 5.69 Å². The predicted molar refractivity (Wildman–Crippen MR) is 161 cm³/mol. The molecule has 4 rings (SSSR count). The molecule has 9 nitrogen and oxygen atoms in total. The number of primary amides is 2. The van der Waals surface area contributed by atoms with Gasteiger partial charge in [-0.05, 0) is 67.7 Å². The molecule has 0 saturated heterocycles. The largest absolute Gasteiger partial charge is 0.372 e. The van der Waals surface area contributed by atoms with Gasteiger partial charge in [0.1, 0.15) is 6.04 Å². The van der Waals surface area contributed by atoms with Crippen molar-refractivity contribution in [1.82, 2.24) is 5.32 Å². The minimum Gasteiger partial charge on any atom is -0.372 e. The average molecular weight is 577 g/mol. The first-order valence-electron chi connectivity index (χ1n) is 15.2. The molecule has 0 aliphatic carbocycles. The molecule has 5 N–H and O–H groups in total. The molecule has 0 radical (unpaired) electrons. The monoisotopic (exact) mass is 576 g/mol. The van der Waals surface area contributed by atoms with E-state index in [-0.39, 0.29) is 30.2 Å². The van der Waals surface area contributed by atoms with Crippen LogP contribution in [0, 0.1) is 0 Å². The minimum atomic E-state index is -0.620. The van der Waals surface area contributed by atoms with Crippen LogP contribution in [0.3, 0.4) is 0 Å². The van der Waals surface area contributed by atoms with Crippen molar-refractivity contribution in [3.8, 4) is 0 Å². The molecule has 4 amide bonds. The van der Waals surface area contributed by atoms with Crippen LogP contribution in [0.2, 0.25) is 0 Å². The molecule has 2 aromatic rings. The fourth-order valence-corrected chi connectivity index (χ4v) is 5.96. The first-order chi connectivity index (χ1) is 20.2. The topological polar surface area (TPSA) is 145 Å². The van der Waals surface area contributed by atoms with E-state index in [0.717, 1.165) is 67.3 Å². The van der Waals surface area contributed by atoms with Crippen LogP contribution in [0.1, 0.15) is 87.0 Å². The van der Waals surface area contributed by atoms with Crippen LogP contribution in [-0.2, 0) is 49.8 Å². The Morgan fingerprint density at radius 1 is 0.929 bits per heavy atom. The fraction of sp³-hybridized carbons (Fsp3) is 0.515. The van der Waals surface area contributed by atoms with Gasteiger partial charge in [0.2, 0.25) is 23.6 Å². The Morgan fingerprint density at radius 2 is 1.62 bits per heavy atom. The maximum absolute atomic E-state index is 13.6. The zero-order chi connectivity index (χ0) is 30.1. The Labute approximate surface area is 248 Å². The normalized spacial score (nSPS) is 17.3. The Bertz CT molecular complexity index is 1260. The number of carbonyl (C=O) groups is 4. The maximum Gasteiger partial charge on any atom is 0.243 e. The summed E-state index contributed by atoms with van der Waals surface area (Å²) in [6.07, 6.45) is 7.96. The molecule has 0 aromatic heterocycles. The predicted octanol–water partition coefficient (Wildman–Crippen LogP) is 3.61. The number of hydrogen-bond acceptors (Lipinski definition) is 5. The number of nitrogens with two attached hydrogens (primary N) is 2. The van der Waals surface area contributed by atoms with Gasteiger partial charge in [0.25, 0.3) is 0 Å². The molecule has 2 aliphatic heterocycles. The van der Waals surface area contributed by atoms with Crippen molar-refractivity contribution >= 4 is 29.3 Å². The van der Waals surface area contributed by atoms with E-state index in [1.54, 1.807) is 4.90 Å². The van der Waals surface area contributed by atoms with Crippen molar-refractivity contribution in [2.75, 3.05) is 4.90 Å². The molecule has 2 heterocycles. The van der Waals surface area contributed by atoms with Gasteiger partial charge in [-0.3, -0.25) is 24.1 Å². The van der Waals surface area contributed by atoms with Gasteiger partial charge in [-0.25, -0.2) is 0 Å². The number of anilines is 1. The van der Waals surface area contributed by atoms with Gasteiger partial charge in [0.05, 0.1) is 24.4 Å². The van der Waals surface area contributed by atoms with Crippen molar-refractivity contribution in [1.29, 1.82) is 0 Å². The summed E-state index contributed by atoms with van der Waals surface area (Å²) in [5.74, 6) is -0.943. The lowest BCUT2D eigenvalue weighted by Crippen LogP contribution is -2.53. The van der Waals surface area contributed by atoms with Crippen LogP contribution >= 0.6 is 0 Å². The summed E-state index contributed by atoms with van der Waals surface area (Å²) in [6, 6.07) is 13.3. The van der Waals surface area contributed by atoms with Gasteiger partial charge in [0.15, 0.2) is 0 Å². The second-order valence-electron chi connectivity index (χ2n) is 11.6. The van der Waals surface area contributed by atoms with E-state index in [2.05, 4.69) is 17.4 Å². The molecule has 0 saturated carbocycles. The number of aryl methyl sites for hydroxylation is 2. The molecule has 0 spiro atoms. The molecule has 2 aliphatic rings. The number of para-hydroxylation sites is 1. The van der Waals surface area contributed by atoms with Crippen molar-refractivity contribution in [2.45, 2.75) is 109 Å². The summed E-state index contributed by atoms with van der Waals surface area (Å²) in [5, 5.41) is 3.10. The van der Waals surface area contributed by atoms with Crippen LogP contribution in [0.5, 0.6) is 0 Å². The van der Waals surface area contributed by atoms with E-state index < -0.39 is 18.0 Å². The molecule has 226 valence electrons. The van der Waals surface area contributed by atoms with E-state index in [1.165, 1.54) is 5.56 Å². The SMILES string of the molecule is C[C@@H](OCc1ccc(CCCCCCC(N)=O)cc1)[C@H](CCC(N)=O)NC(=O)[C@@H]1Cc2cccc3c2N1C(=O)CCC3. The second kappa shape index (κ2) is 15.0. The number of benzene rings is 2. The molecule has 0 fully saturated rings. The summed E-state index contributed by atoms with van der Waals surface area (Å²) >= 11 is 0. The molecular weight excluding hydrogens is 532 g/mol. The summed E-state index contributed by atoms with van der Waals surface area (Å²) in [6.45, 7) is 2.25. The van der Waals surface area contributed by atoms with Crippen molar-refractivity contribution in [3.63, 3.8) is 0 Å². The van der Waals surface area contributed by atoms with Crippen molar-refractivity contribution < 1.29 is 23.9 Å². The lowest BCUT2D eigenvalue weighted by Gasteiger charge is -2.29. The van der Waals surface area contributed by atoms with Crippen LogP contribution in [-0.4, -0.2) is 41.8 Å². The summed E-state index contributed by atoms with van der Waals surface area (Å²) in [4.78, 5) is 50.8. The number of ether oxygens (including phenoxy) is 1. The first-order valence-corrected chi connectivity index (χ1v) is 15.2. The number of amides is 4. The van der Waals surface area contributed by atoms with Gasteiger partial charge < -0.3 is 21.5 Å². The van der Waals surface area contributed by atoms with Gasteiger partial charge in [-0.1, -0.05) is 55.3 Å². The van der Waals surface area contributed by atoms with Crippen LogP contribution in [0.15, 0.2) is 42.5 Å². The number of nitrogens with one attached hydrogen (secondary N) is 1. The third kappa shape index (κ3) is 8.41. The summed E-state index contributed by atoms with van der Waals surface area (Å²) in [5.41, 5.74) is 15.9. The van der Waals surface area contributed by atoms with Crippen molar-refractivity contribution in [2.24, 2.45) is 11.5 Å². The minimum absolute atomic E-state index is 0.0247. The number of nitrogens with zero attached hydrogens (tertiary/aromatic N) is 1. The van der Waals surface area contributed by atoms with Crippen LogP contribution in [0.25, 0.3) is 0 Å². The molecule has 42 heavy (non-hydrogen) atoms.